The highest BCUT2D eigenvalue weighted by Crippen LogP contribution is 2.32. The number of piperazine rings is 1. The van der Waals surface area contributed by atoms with Crippen LogP contribution in [0.5, 0.6) is 11.5 Å². The number of benzene rings is 2. The first-order chi connectivity index (χ1) is 13.2. The predicted octanol–water partition coefficient (Wildman–Crippen LogP) is 3.12. The van der Waals surface area contributed by atoms with Crippen LogP contribution in [0.1, 0.15) is 11.6 Å². The topological polar surface area (TPSA) is 62.8 Å². The van der Waals surface area contributed by atoms with Gasteiger partial charge in [-0.15, -0.1) is 12.4 Å². The average molecular weight is 424 g/mol. The first kappa shape index (κ1) is 20.7. The Hall–Kier alpha value is -1.99. The number of ether oxygens (including phenoxy) is 2. The maximum absolute atomic E-state index is 12.6. The number of carbonyl (C=O) groups excluding carboxylic acids is 1. The van der Waals surface area contributed by atoms with E-state index in [0.717, 1.165) is 25.2 Å². The van der Waals surface area contributed by atoms with E-state index in [1.54, 1.807) is 6.07 Å². The van der Waals surface area contributed by atoms with Gasteiger partial charge in [0.1, 0.15) is 13.2 Å². The fourth-order valence-corrected chi connectivity index (χ4v) is 3.68. The number of rotatable bonds is 4. The molecule has 2 heterocycles. The van der Waals surface area contributed by atoms with Crippen LogP contribution in [0.25, 0.3) is 0 Å². The smallest absolute Gasteiger partial charge is 0.238 e. The van der Waals surface area contributed by atoms with Crippen molar-refractivity contribution in [3.63, 3.8) is 0 Å². The number of halogens is 2. The van der Waals surface area contributed by atoms with Crippen LogP contribution < -0.4 is 20.1 Å². The third-order valence-corrected chi connectivity index (χ3v) is 5.00. The molecule has 1 saturated heterocycles. The second kappa shape index (κ2) is 9.47. The number of nitrogens with one attached hydrogen (secondary N) is 2. The highest BCUT2D eigenvalue weighted by molar-refractivity contribution is 6.30. The monoisotopic (exact) mass is 423 g/mol. The summed E-state index contributed by atoms with van der Waals surface area (Å²) in [5.41, 5.74) is 1.82. The summed E-state index contributed by atoms with van der Waals surface area (Å²) in [5.74, 6) is 1.32. The van der Waals surface area contributed by atoms with Crippen LogP contribution in [0, 0.1) is 0 Å². The van der Waals surface area contributed by atoms with Gasteiger partial charge in [0.25, 0.3) is 0 Å². The molecule has 2 N–H and O–H groups in total. The molecule has 2 aliphatic rings. The second-order valence-corrected chi connectivity index (χ2v) is 7.09. The molecule has 1 unspecified atom stereocenters. The first-order valence-electron chi connectivity index (χ1n) is 9.09. The third-order valence-electron chi connectivity index (χ3n) is 4.76. The van der Waals surface area contributed by atoms with Gasteiger partial charge in [-0.1, -0.05) is 23.7 Å². The molecule has 2 aromatic rings. The quantitative estimate of drug-likeness (QED) is 0.790. The Morgan fingerprint density at radius 2 is 2.00 bits per heavy atom. The zero-order valence-electron chi connectivity index (χ0n) is 15.3. The van der Waals surface area contributed by atoms with E-state index in [9.17, 15) is 4.79 Å². The molecule has 0 saturated carbocycles. The van der Waals surface area contributed by atoms with E-state index >= 15 is 0 Å². The van der Waals surface area contributed by atoms with Crippen molar-refractivity contribution < 1.29 is 14.3 Å². The zero-order chi connectivity index (χ0) is 18.6. The van der Waals surface area contributed by atoms with Gasteiger partial charge in [0.15, 0.2) is 11.5 Å². The number of nitrogens with zero attached hydrogens (tertiary/aromatic N) is 1. The van der Waals surface area contributed by atoms with E-state index < -0.39 is 0 Å². The minimum atomic E-state index is -0.0550. The van der Waals surface area contributed by atoms with E-state index in [1.807, 2.05) is 30.3 Å². The van der Waals surface area contributed by atoms with Gasteiger partial charge < -0.3 is 20.1 Å². The lowest BCUT2D eigenvalue weighted by atomic mass is 10.0. The van der Waals surface area contributed by atoms with Gasteiger partial charge in [0, 0.05) is 42.5 Å². The maximum atomic E-state index is 12.6. The van der Waals surface area contributed by atoms with Crippen LogP contribution in [-0.2, 0) is 4.79 Å². The van der Waals surface area contributed by atoms with Crippen molar-refractivity contribution in [1.82, 2.24) is 10.2 Å². The normalized spacial score (nSPS) is 18.8. The molecule has 4 rings (SSSR count). The molecule has 0 spiro atoms. The average Bonchev–Trinajstić information content (AvgIpc) is 2.68. The largest absolute Gasteiger partial charge is 0.486 e. The van der Waals surface area contributed by atoms with Gasteiger partial charge in [0.2, 0.25) is 5.91 Å². The second-order valence-electron chi connectivity index (χ2n) is 6.65. The van der Waals surface area contributed by atoms with Gasteiger partial charge in [0.05, 0.1) is 6.54 Å². The Labute approximate surface area is 175 Å². The van der Waals surface area contributed by atoms with Crippen molar-refractivity contribution >= 4 is 35.6 Å². The molecule has 0 bridgehead atoms. The van der Waals surface area contributed by atoms with Crippen LogP contribution in [0.2, 0.25) is 5.02 Å². The van der Waals surface area contributed by atoms with E-state index in [1.165, 1.54) is 0 Å². The fraction of sp³-hybridized carbons (Fsp3) is 0.350. The lowest BCUT2D eigenvalue weighted by molar-refractivity contribution is -0.118. The van der Waals surface area contributed by atoms with Crippen molar-refractivity contribution in [3.8, 4) is 11.5 Å². The van der Waals surface area contributed by atoms with Crippen molar-refractivity contribution in [1.29, 1.82) is 0 Å². The summed E-state index contributed by atoms with van der Waals surface area (Å²) in [6.45, 7) is 3.82. The van der Waals surface area contributed by atoms with Crippen LogP contribution in [0.3, 0.4) is 0 Å². The summed E-state index contributed by atoms with van der Waals surface area (Å²) in [6, 6.07) is 13.4. The van der Waals surface area contributed by atoms with Crippen molar-refractivity contribution in [2.24, 2.45) is 0 Å². The Morgan fingerprint density at radius 1 is 1.18 bits per heavy atom. The van der Waals surface area contributed by atoms with Gasteiger partial charge in [-0.25, -0.2) is 0 Å². The standard InChI is InChI=1S/C20H22ClN3O3.ClH/c21-15-3-1-2-14(10-15)17-12-22-6-7-24(17)13-20(25)23-16-4-5-18-19(11-16)27-9-8-26-18;/h1-5,10-11,17,22H,6-9,12-13H2,(H,23,25);1H. The van der Waals surface area contributed by atoms with Gasteiger partial charge in [-0.3, -0.25) is 9.69 Å². The summed E-state index contributed by atoms with van der Waals surface area (Å²) in [7, 11) is 0. The molecule has 2 aliphatic heterocycles. The Kier molecular flexibility index (Phi) is 7.02. The molecule has 8 heteroatoms. The molecule has 1 amide bonds. The summed E-state index contributed by atoms with van der Waals surface area (Å²) in [6.07, 6.45) is 0. The molecular weight excluding hydrogens is 401 g/mol. The van der Waals surface area contributed by atoms with Gasteiger partial charge in [-0.2, -0.15) is 0 Å². The molecule has 6 nitrogen and oxygen atoms in total. The van der Waals surface area contributed by atoms with Crippen LogP contribution >= 0.6 is 24.0 Å². The minimum Gasteiger partial charge on any atom is -0.486 e. The molecular formula is C20H23Cl2N3O3. The maximum Gasteiger partial charge on any atom is 0.238 e. The van der Waals surface area contributed by atoms with Gasteiger partial charge >= 0.3 is 0 Å². The van der Waals surface area contributed by atoms with Crippen LogP contribution in [0.4, 0.5) is 5.69 Å². The van der Waals surface area contributed by atoms with E-state index in [4.69, 9.17) is 21.1 Å². The molecule has 0 aliphatic carbocycles. The Bertz CT molecular complexity index is 834. The predicted molar refractivity (Wildman–Crippen MR) is 112 cm³/mol. The summed E-state index contributed by atoms with van der Waals surface area (Å²) < 4.78 is 11.1. The number of hydrogen-bond acceptors (Lipinski definition) is 5. The highest BCUT2D eigenvalue weighted by Gasteiger charge is 2.26. The third kappa shape index (κ3) is 4.89. The highest BCUT2D eigenvalue weighted by atomic mass is 35.5. The van der Waals surface area contributed by atoms with Crippen molar-refractivity contribution in [3.05, 3.63) is 53.1 Å². The van der Waals surface area contributed by atoms with Crippen LogP contribution in [0.15, 0.2) is 42.5 Å². The van der Waals surface area contributed by atoms with Crippen molar-refractivity contribution in [2.75, 3.05) is 44.7 Å². The molecule has 1 atom stereocenters. The van der Waals surface area contributed by atoms with E-state index in [0.29, 0.717) is 42.0 Å². The number of anilines is 1. The minimum absolute atomic E-state index is 0. The number of amides is 1. The summed E-state index contributed by atoms with van der Waals surface area (Å²) in [5, 5.41) is 7.06. The lowest BCUT2D eigenvalue weighted by Crippen LogP contribution is -2.48. The van der Waals surface area contributed by atoms with E-state index in [-0.39, 0.29) is 24.4 Å². The number of hydrogen-bond donors (Lipinski definition) is 2. The molecule has 1 fully saturated rings. The van der Waals surface area contributed by atoms with Crippen LogP contribution in [-0.4, -0.2) is 50.2 Å². The van der Waals surface area contributed by atoms with Crippen molar-refractivity contribution in [2.45, 2.75) is 6.04 Å². The zero-order valence-corrected chi connectivity index (χ0v) is 16.9. The molecule has 2 aromatic carbocycles. The summed E-state index contributed by atoms with van der Waals surface area (Å²) in [4.78, 5) is 14.8. The lowest BCUT2D eigenvalue weighted by Gasteiger charge is -2.36. The molecule has 28 heavy (non-hydrogen) atoms. The fourth-order valence-electron chi connectivity index (χ4n) is 3.48. The molecule has 0 aromatic heterocycles. The molecule has 150 valence electrons. The molecule has 0 radical (unpaired) electrons. The summed E-state index contributed by atoms with van der Waals surface area (Å²) >= 11 is 6.14. The Balaban J connectivity index is 0.00000225. The number of carbonyl (C=O) groups is 1. The van der Waals surface area contributed by atoms with E-state index in [2.05, 4.69) is 21.6 Å². The first-order valence-corrected chi connectivity index (χ1v) is 9.46. The van der Waals surface area contributed by atoms with Gasteiger partial charge in [-0.05, 0) is 29.8 Å². The number of fused-ring (bicyclic) bond motifs is 1. The SMILES string of the molecule is Cl.O=C(CN1CCNCC1c1cccc(Cl)c1)Nc1ccc2c(c1)OCCO2. The Morgan fingerprint density at radius 3 is 2.82 bits per heavy atom.